The molecule has 2 atom stereocenters. The molecule has 19 heavy (non-hydrogen) atoms. The Kier molecular flexibility index (Phi) is 5.10. The average molecular weight is 262 g/mol. The summed E-state index contributed by atoms with van der Waals surface area (Å²) in [5, 5.41) is 2.74. The molecule has 0 aliphatic carbocycles. The monoisotopic (exact) mass is 262 g/mol. The Morgan fingerprint density at radius 3 is 2.47 bits per heavy atom. The minimum Gasteiger partial charge on any atom is -0.368 e. The summed E-state index contributed by atoms with van der Waals surface area (Å²) >= 11 is 0. The van der Waals surface area contributed by atoms with Crippen LogP contribution in [0.2, 0.25) is 0 Å². The number of primary amides is 1. The van der Waals surface area contributed by atoms with Gasteiger partial charge in [0.25, 0.3) is 5.91 Å². The average Bonchev–Trinajstić information content (AvgIpc) is 2.37. The number of benzene rings is 1. The van der Waals surface area contributed by atoms with Gasteiger partial charge >= 0.3 is 0 Å². The van der Waals surface area contributed by atoms with Gasteiger partial charge in [0.05, 0.1) is 0 Å². The number of carbonyl (C=O) groups is 2. The van der Waals surface area contributed by atoms with Crippen LogP contribution in [0.15, 0.2) is 18.2 Å². The van der Waals surface area contributed by atoms with Crippen molar-refractivity contribution in [2.75, 3.05) is 0 Å². The van der Waals surface area contributed by atoms with E-state index >= 15 is 0 Å². The molecular formula is C15H22N2O2. The number of nitrogens with one attached hydrogen (secondary N) is 1. The van der Waals surface area contributed by atoms with E-state index in [1.54, 1.807) is 0 Å². The maximum atomic E-state index is 12.2. The van der Waals surface area contributed by atoms with Crippen LogP contribution in [0.5, 0.6) is 0 Å². The Hall–Kier alpha value is -1.84. The number of hydrogen-bond donors (Lipinski definition) is 2. The largest absolute Gasteiger partial charge is 0.368 e. The summed E-state index contributed by atoms with van der Waals surface area (Å²) < 4.78 is 0. The lowest BCUT2D eigenvalue weighted by molar-refractivity contribution is -0.120. The first-order chi connectivity index (χ1) is 8.86. The van der Waals surface area contributed by atoms with Crippen LogP contribution in [0, 0.1) is 19.8 Å². The molecule has 0 aliphatic rings. The fraction of sp³-hybridized carbons (Fsp3) is 0.467. The number of carbonyl (C=O) groups excluding carboxylic acids is 2. The molecule has 0 heterocycles. The van der Waals surface area contributed by atoms with Gasteiger partial charge in [-0.2, -0.15) is 0 Å². The summed E-state index contributed by atoms with van der Waals surface area (Å²) in [6.45, 7) is 7.66. The van der Waals surface area contributed by atoms with Crippen LogP contribution < -0.4 is 11.1 Å². The zero-order chi connectivity index (χ0) is 14.6. The number of rotatable bonds is 5. The van der Waals surface area contributed by atoms with Crippen molar-refractivity contribution < 1.29 is 9.59 Å². The van der Waals surface area contributed by atoms with E-state index in [2.05, 4.69) is 5.32 Å². The minimum atomic E-state index is -0.627. The SMILES string of the molecule is CCC(C)C(NC(=O)c1cc(C)ccc1C)C(N)=O. The van der Waals surface area contributed by atoms with Crippen LogP contribution in [0.1, 0.15) is 41.8 Å². The number of nitrogens with two attached hydrogens (primary N) is 1. The van der Waals surface area contributed by atoms with Crippen molar-refractivity contribution in [2.24, 2.45) is 11.7 Å². The Morgan fingerprint density at radius 2 is 1.95 bits per heavy atom. The smallest absolute Gasteiger partial charge is 0.252 e. The molecule has 0 fully saturated rings. The first-order valence-electron chi connectivity index (χ1n) is 6.54. The highest BCUT2D eigenvalue weighted by molar-refractivity contribution is 5.98. The van der Waals surface area contributed by atoms with Crippen LogP contribution >= 0.6 is 0 Å². The fourth-order valence-corrected chi connectivity index (χ4v) is 1.93. The van der Waals surface area contributed by atoms with E-state index in [0.29, 0.717) is 5.56 Å². The molecule has 104 valence electrons. The second-order valence-corrected chi connectivity index (χ2v) is 5.06. The molecule has 1 aromatic carbocycles. The third-order valence-corrected chi connectivity index (χ3v) is 3.44. The van der Waals surface area contributed by atoms with Crippen LogP contribution in [0.25, 0.3) is 0 Å². The molecule has 1 rings (SSSR count). The van der Waals surface area contributed by atoms with Crippen molar-refractivity contribution in [3.05, 3.63) is 34.9 Å². The molecule has 0 radical (unpaired) electrons. The minimum absolute atomic E-state index is 0.0200. The molecule has 0 saturated heterocycles. The summed E-state index contributed by atoms with van der Waals surface area (Å²) in [7, 11) is 0. The number of aryl methyl sites for hydroxylation is 2. The van der Waals surface area contributed by atoms with Gasteiger partial charge < -0.3 is 11.1 Å². The van der Waals surface area contributed by atoms with E-state index in [4.69, 9.17) is 5.73 Å². The lowest BCUT2D eigenvalue weighted by Gasteiger charge is -2.21. The highest BCUT2D eigenvalue weighted by Crippen LogP contribution is 2.13. The van der Waals surface area contributed by atoms with E-state index in [0.717, 1.165) is 17.5 Å². The van der Waals surface area contributed by atoms with Gasteiger partial charge in [-0.05, 0) is 31.4 Å². The summed E-state index contributed by atoms with van der Waals surface area (Å²) in [5.41, 5.74) is 7.84. The Labute approximate surface area is 114 Å². The first-order valence-corrected chi connectivity index (χ1v) is 6.54. The molecule has 4 heteroatoms. The normalized spacial score (nSPS) is 13.7. The van der Waals surface area contributed by atoms with Gasteiger partial charge in [0, 0.05) is 5.56 Å². The van der Waals surface area contributed by atoms with Crippen molar-refractivity contribution in [2.45, 2.75) is 40.2 Å². The van der Waals surface area contributed by atoms with Crippen molar-refractivity contribution in [3.63, 3.8) is 0 Å². The van der Waals surface area contributed by atoms with E-state index < -0.39 is 11.9 Å². The summed E-state index contributed by atoms with van der Waals surface area (Å²) in [4.78, 5) is 23.7. The maximum Gasteiger partial charge on any atom is 0.252 e. The standard InChI is InChI=1S/C15H22N2O2/c1-5-10(3)13(14(16)18)17-15(19)12-8-9(2)6-7-11(12)4/h6-8,10,13H,5H2,1-4H3,(H2,16,18)(H,17,19). The zero-order valence-corrected chi connectivity index (χ0v) is 12.0. The highest BCUT2D eigenvalue weighted by atomic mass is 16.2. The molecule has 0 aliphatic heterocycles. The second-order valence-electron chi connectivity index (χ2n) is 5.06. The topological polar surface area (TPSA) is 72.2 Å². The van der Waals surface area contributed by atoms with Gasteiger partial charge in [0.1, 0.15) is 6.04 Å². The molecule has 3 N–H and O–H groups in total. The van der Waals surface area contributed by atoms with Crippen LogP contribution in [-0.4, -0.2) is 17.9 Å². The number of amides is 2. The van der Waals surface area contributed by atoms with Crippen LogP contribution in [0.4, 0.5) is 0 Å². The van der Waals surface area contributed by atoms with E-state index in [9.17, 15) is 9.59 Å². The summed E-state index contributed by atoms with van der Waals surface area (Å²) in [5.74, 6) is -0.718. The van der Waals surface area contributed by atoms with E-state index in [-0.39, 0.29) is 11.8 Å². The maximum absolute atomic E-state index is 12.2. The molecule has 1 aromatic rings. The Balaban J connectivity index is 2.94. The van der Waals surface area contributed by atoms with Crippen molar-refractivity contribution in [1.82, 2.24) is 5.32 Å². The van der Waals surface area contributed by atoms with Gasteiger partial charge in [-0.3, -0.25) is 9.59 Å². The predicted molar refractivity (Wildman–Crippen MR) is 75.8 cm³/mol. The van der Waals surface area contributed by atoms with E-state index in [1.165, 1.54) is 0 Å². The Bertz CT molecular complexity index is 483. The van der Waals surface area contributed by atoms with Crippen molar-refractivity contribution in [1.29, 1.82) is 0 Å². The lowest BCUT2D eigenvalue weighted by atomic mass is 9.97. The Morgan fingerprint density at radius 1 is 1.32 bits per heavy atom. The molecule has 2 unspecified atom stereocenters. The molecule has 0 aromatic heterocycles. The second kappa shape index (κ2) is 6.36. The van der Waals surface area contributed by atoms with Gasteiger partial charge in [0.2, 0.25) is 5.91 Å². The zero-order valence-electron chi connectivity index (χ0n) is 12.0. The van der Waals surface area contributed by atoms with Gasteiger partial charge in [0.15, 0.2) is 0 Å². The molecule has 0 spiro atoms. The van der Waals surface area contributed by atoms with Gasteiger partial charge in [-0.15, -0.1) is 0 Å². The summed E-state index contributed by atoms with van der Waals surface area (Å²) in [6.07, 6.45) is 0.778. The molecule has 2 amide bonds. The number of hydrogen-bond acceptors (Lipinski definition) is 2. The van der Waals surface area contributed by atoms with Gasteiger partial charge in [-0.1, -0.05) is 38.0 Å². The molecule has 0 saturated carbocycles. The molecule has 0 bridgehead atoms. The van der Waals surface area contributed by atoms with Crippen LogP contribution in [-0.2, 0) is 4.79 Å². The third kappa shape index (κ3) is 3.81. The lowest BCUT2D eigenvalue weighted by Crippen LogP contribution is -2.48. The van der Waals surface area contributed by atoms with Crippen molar-refractivity contribution >= 4 is 11.8 Å². The van der Waals surface area contributed by atoms with Crippen molar-refractivity contribution in [3.8, 4) is 0 Å². The van der Waals surface area contributed by atoms with E-state index in [1.807, 2.05) is 45.9 Å². The molecular weight excluding hydrogens is 240 g/mol. The molecule has 4 nitrogen and oxygen atoms in total. The predicted octanol–water partition coefficient (Wildman–Crippen LogP) is 1.93. The summed E-state index contributed by atoms with van der Waals surface area (Å²) in [6, 6.07) is 5.04. The quantitative estimate of drug-likeness (QED) is 0.851. The highest BCUT2D eigenvalue weighted by Gasteiger charge is 2.24. The fourth-order valence-electron chi connectivity index (χ4n) is 1.93. The van der Waals surface area contributed by atoms with Gasteiger partial charge in [-0.25, -0.2) is 0 Å². The van der Waals surface area contributed by atoms with Crippen LogP contribution in [0.3, 0.4) is 0 Å². The third-order valence-electron chi connectivity index (χ3n) is 3.44. The first kappa shape index (κ1) is 15.2.